The molecule has 5 nitrogen and oxygen atoms in total. The molecule has 0 unspecified atom stereocenters. The van der Waals surface area contributed by atoms with Gasteiger partial charge in [0.15, 0.2) is 0 Å². The molecular weight excluding hydrogens is 416 g/mol. The maximum absolute atomic E-state index is 12.4. The molecule has 5 N–H and O–H groups in total. The Kier molecular flexibility index (Phi) is 6.62. The zero-order valence-electron chi connectivity index (χ0n) is 21.8. The smallest absolute Gasteiger partial charge is 0.0987 e. The molecule has 0 amide bonds. The average molecular weight is 467 g/mol. The molecule has 4 fully saturated rings. The van der Waals surface area contributed by atoms with Crippen LogP contribution in [0.1, 0.15) is 99.3 Å². The van der Waals surface area contributed by atoms with E-state index in [1.807, 2.05) is 0 Å². The fourth-order valence-electron chi connectivity index (χ4n) is 9.27. The minimum atomic E-state index is -1.31. The molecule has 5 heteroatoms. The summed E-state index contributed by atoms with van der Waals surface area (Å²) in [6, 6.07) is 0. The van der Waals surface area contributed by atoms with E-state index in [9.17, 15) is 25.5 Å². The minimum absolute atomic E-state index is 0.0739. The van der Waals surface area contributed by atoms with E-state index in [1.54, 1.807) is 0 Å². The largest absolute Gasteiger partial charge is 0.393 e. The highest BCUT2D eigenvalue weighted by molar-refractivity contribution is 5.24. The summed E-state index contributed by atoms with van der Waals surface area (Å²) in [7, 11) is 0. The molecule has 192 valence electrons. The molecule has 4 saturated carbocycles. The summed E-state index contributed by atoms with van der Waals surface area (Å²) in [5.74, 6) is 0.838. The minimum Gasteiger partial charge on any atom is -0.393 e. The summed E-state index contributed by atoms with van der Waals surface area (Å²) in [5, 5.41) is 57.5. The predicted molar refractivity (Wildman–Crippen MR) is 129 cm³/mol. The number of rotatable bonds is 5. The van der Waals surface area contributed by atoms with Crippen LogP contribution >= 0.6 is 0 Å². The van der Waals surface area contributed by atoms with Gasteiger partial charge in [0, 0.05) is 11.3 Å². The molecule has 0 bridgehead atoms. The molecule has 12 atom stereocenters. The number of aliphatic hydroxyl groups is 5. The summed E-state index contributed by atoms with van der Waals surface area (Å²) in [6.07, 6.45) is 4.37. The SMILES string of the molecule is CC(C)[C@@H](C)CC[C@@H](C)[C@]1(O)[C@H](O)C[C@H]2[C@]3(O)[C@H](O)C[C@H]4C[C@@H](O)CC[C@]4(C)[C@H]3CC[C@@]21C. The van der Waals surface area contributed by atoms with Crippen LogP contribution in [-0.4, -0.2) is 55.0 Å². The van der Waals surface area contributed by atoms with Crippen molar-refractivity contribution in [1.29, 1.82) is 0 Å². The van der Waals surface area contributed by atoms with Gasteiger partial charge >= 0.3 is 0 Å². The Hall–Kier alpha value is -0.200. The Bertz CT molecular complexity index is 727. The average Bonchev–Trinajstić information content (AvgIpc) is 2.96. The highest BCUT2D eigenvalue weighted by Crippen LogP contribution is 2.70. The first kappa shape index (κ1) is 25.9. The lowest BCUT2D eigenvalue weighted by molar-refractivity contribution is -0.284. The van der Waals surface area contributed by atoms with Gasteiger partial charge in [-0.15, -0.1) is 0 Å². The highest BCUT2D eigenvalue weighted by atomic mass is 16.4. The molecular formula is C28H50O5. The number of fused-ring (bicyclic) bond motifs is 5. The quantitative estimate of drug-likeness (QED) is 0.423. The van der Waals surface area contributed by atoms with Gasteiger partial charge in [0.25, 0.3) is 0 Å². The van der Waals surface area contributed by atoms with Gasteiger partial charge in [-0.2, -0.15) is 0 Å². The Morgan fingerprint density at radius 2 is 1.45 bits per heavy atom. The third kappa shape index (κ3) is 3.50. The molecule has 0 saturated heterocycles. The molecule has 0 heterocycles. The van der Waals surface area contributed by atoms with Crippen LogP contribution in [0, 0.1) is 46.3 Å². The second-order valence-electron chi connectivity index (χ2n) is 13.6. The van der Waals surface area contributed by atoms with Gasteiger partial charge in [0.2, 0.25) is 0 Å². The van der Waals surface area contributed by atoms with Gasteiger partial charge in [-0.05, 0) is 86.4 Å². The monoisotopic (exact) mass is 466 g/mol. The summed E-state index contributed by atoms with van der Waals surface area (Å²) in [6.45, 7) is 13.1. The van der Waals surface area contributed by atoms with E-state index < -0.39 is 28.8 Å². The lowest BCUT2D eigenvalue weighted by atomic mass is 9.41. The van der Waals surface area contributed by atoms with Gasteiger partial charge in [0.05, 0.1) is 29.5 Å². The first-order valence-electron chi connectivity index (χ1n) is 13.7. The van der Waals surface area contributed by atoms with Gasteiger partial charge < -0.3 is 25.5 Å². The summed E-state index contributed by atoms with van der Waals surface area (Å²) in [4.78, 5) is 0. The number of aliphatic hydroxyl groups excluding tert-OH is 3. The van der Waals surface area contributed by atoms with Crippen molar-refractivity contribution in [2.24, 2.45) is 46.3 Å². The Balaban J connectivity index is 1.65. The predicted octanol–water partition coefficient (Wildman–Crippen LogP) is 3.89. The molecule has 0 aromatic heterocycles. The lowest BCUT2D eigenvalue weighted by Gasteiger charge is -2.66. The molecule has 0 spiro atoms. The normalized spacial score (nSPS) is 53.8. The molecule has 0 aliphatic heterocycles. The van der Waals surface area contributed by atoms with E-state index in [4.69, 9.17) is 0 Å². The van der Waals surface area contributed by atoms with Crippen LogP contribution in [0.25, 0.3) is 0 Å². The molecule has 4 aliphatic carbocycles. The Labute approximate surface area is 201 Å². The third-order valence-corrected chi connectivity index (χ3v) is 12.0. The summed E-state index contributed by atoms with van der Waals surface area (Å²) in [5.41, 5.74) is -3.35. The van der Waals surface area contributed by atoms with E-state index in [0.29, 0.717) is 31.1 Å². The highest BCUT2D eigenvalue weighted by Gasteiger charge is 2.75. The van der Waals surface area contributed by atoms with E-state index in [-0.39, 0.29) is 35.2 Å². The lowest BCUT2D eigenvalue weighted by Crippen LogP contribution is -2.71. The molecule has 0 aromatic carbocycles. The van der Waals surface area contributed by atoms with Crippen molar-refractivity contribution in [2.75, 3.05) is 0 Å². The van der Waals surface area contributed by atoms with Crippen molar-refractivity contribution in [1.82, 2.24) is 0 Å². The van der Waals surface area contributed by atoms with Crippen LogP contribution < -0.4 is 0 Å². The van der Waals surface area contributed by atoms with Crippen molar-refractivity contribution in [3.05, 3.63) is 0 Å². The van der Waals surface area contributed by atoms with Gasteiger partial charge in [-0.1, -0.05) is 48.0 Å². The van der Waals surface area contributed by atoms with Crippen LogP contribution in [-0.2, 0) is 0 Å². The molecule has 4 aliphatic rings. The zero-order chi connectivity index (χ0) is 24.6. The van der Waals surface area contributed by atoms with Crippen LogP contribution in [0.4, 0.5) is 0 Å². The zero-order valence-corrected chi connectivity index (χ0v) is 21.8. The summed E-state index contributed by atoms with van der Waals surface area (Å²) >= 11 is 0. The van der Waals surface area contributed by atoms with E-state index in [0.717, 1.165) is 38.5 Å². The molecule has 33 heavy (non-hydrogen) atoms. The Morgan fingerprint density at radius 3 is 2.09 bits per heavy atom. The van der Waals surface area contributed by atoms with E-state index in [2.05, 4.69) is 41.5 Å². The number of hydrogen-bond acceptors (Lipinski definition) is 5. The van der Waals surface area contributed by atoms with Crippen LogP contribution in [0.2, 0.25) is 0 Å². The molecule has 4 rings (SSSR count). The second-order valence-corrected chi connectivity index (χ2v) is 13.6. The van der Waals surface area contributed by atoms with Crippen LogP contribution in [0.5, 0.6) is 0 Å². The third-order valence-electron chi connectivity index (χ3n) is 12.0. The van der Waals surface area contributed by atoms with Crippen molar-refractivity contribution in [3.63, 3.8) is 0 Å². The van der Waals surface area contributed by atoms with Gasteiger partial charge in [0.1, 0.15) is 0 Å². The maximum Gasteiger partial charge on any atom is 0.0987 e. The van der Waals surface area contributed by atoms with Crippen molar-refractivity contribution in [3.8, 4) is 0 Å². The van der Waals surface area contributed by atoms with Crippen molar-refractivity contribution in [2.45, 2.75) is 129 Å². The fourth-order valence-corrected chi connectivity index (χ4v) is 9.27. The maximum atomic E-state index is 12.4. The van der Waals surface area contributed by atoms with E-state index >= 15 is 0 Å². The van der Waals surface area contributed by atoms with Crippen molar-refractivity contribution < 1.29 is 25.5 Å². The first-order valence-corrected chi connectivity index (χ1v) is 13.7. The van der Waals surface area contributed by atoms with Crippen LogP contribution in [0.3, 0.4) is 0 Å². The fraction of sp³-hybridized carbons (Fsp3) is 1.00. The topological polar surface area (TPSA) is 101 Å². The van der Waals surface area contributed by atoms with Gasteiger partial charge in [-0.25, -0.2) is 0 Å². The standard InChI is InChI=1S/C28H50O5/c1-16(2)17(3)7-8-18(4)28(33)24(31)15-22-26(28,6)12-10-21-25(5)11-9-20(29)13-19(25)14-23(30)27(21,22)32/h16-24,29-33H,7-15H2,1-6H3/t17-,18+,19+,20-,21+,22+,23+,24+,25-,26-,27-,28-/m0/s1. The first-order chi connectivity index (χ1) is 15.2. The van der Waals surface area contributed by atoms with E-state index in [1.165, 1.54) is 0 Å². The van der Waals surface area contributed by atoms with Gasteiger partial charge in [-0.3, -0.25) is 0 Å². The number of hydrogen-bond donors (Lipinski definition) is 5. The molecule has 0 radical (unpaired) electrons. The van der Waals surface area contributed by atoms with Crippen LogP contribution in [0.15, 0.2) is 0 Å². The summed E-state index contributed by atoms with van der Waals surface area (Å²) < 4.78 is 0. The van der Waals surface area contributed by atoms with Crippen molar-refractivity contribution >= 4 is 0 Å². The molecule has 0 aromatic rings. The second kappa shape index (κ2) is 8.44. The Morgan fingerprint density at radius 1 is 0.788 bits per heavy atom.